The first kappa shape index (κ1) is 11.4. The van der Waals surface area contributed by atoms with Gasteiger partial charge in [-0.05, 0) is 6.26 Å². The van der Waals surface area contributed by atoms with Crippen molar-refractivity contribution in [2.24, 2.45) is 4.99 Å². The largest absolute Gasteiger partial charge is 1.00 e. The van der Waals surface area contributed by atoms with Gasteiger partial charge in [-0.15, -0.1) is 0 Å². The third kappa shape index (κ3) is 4.70. The molecule has 0 heterocycles. The number of nitrogens with zero attached hydrogens (tertiary/aromatic N) is 1. The van der Waals surface area contributed by atoms with Gasteiger partial charge in [0.25, 0.3) is 0 Å². The van der Waals surface area contributed by atoms with E-state index in [2.05, 4.69) is 10.3 Å². The molecule has 4 heteroatoms. The van der Waals surface area contributed by atoms with Gasteiger partial charge in [-0.2, -0.15) is 0 Å². The molecule has 2 nitrogen and oxygen atoms in total. The summed E-state index contributed by atoms with van der Waals surface area (Å²) in [6.45, 7) is 0. The molecule has 0 aromatic rings. The van der Waals surface area contributed by atoms with Crippen molar-refractivity contribution in [2.45, 2.75) is 0 Å². The highest BCUT2D eigenvalue weighted by molar-refractivity contribution is 8.13. The van der Waals surface area contributed by atoms with Gasteiger partial charge in [0.15, 0.2) is 5.17 Å². The number of nitrogens with one attached hydrogen (secondary N) is 1. The Labute approximate surface area is 71.5 Å². The van der Waals surface area contributed by atoms with Gasteiger partial charge in [0, 0.05) is 14.1 Å². The van der Waals surface area contributed by atoms with E-state index < -0.39 is 0 Å². The summed E-state index contributed by atoms with van der Waals surface area (Å²) in [5, 5.41) is 3.89. The van der Waals surface area contributed by atoms with Crippen LogP contribution in [0.25, 0.3) is 0 Å². The molecule has 0 saturated heterocycles. The van der Waals surface area contributed by atoms with Crippen molar-refractivity contribution >= 4 is 16.9 Å². The molecule has 0 unspecified atom stereocenters. The highest BCUT2D eigenvalue weighted by Gasteiger charge is 1.83. The quantitative estimate of drug-likeness (QED) is 0.291. The lowest BCUT2D eigenvalue weighted by molar-refractivity contribution is -0.00000159. The average Bonchev–Trinajstić information content (AvgIpc) is 1.72. The highest BCUT2D eigenvalue weighted by Crippen LogP contribution is 1.90. The van der Waals surface area contributed by atoms with Crippen molar-refractivity contribution in [3.63, 3.8) is 0 Å². The van der Waals surface area contributed by atoms with Crippen LogP contribution in [0.15, 0.2) is 4.99 Å². The Kier molecular flexibility index (Phi) is 10.7. The van der Waals surface area contributed by atoms with Crippen LogP contribution in [0.3, 0.4) is 0 Å². The summed E-state index contributed by atoms with van der Waals surface area (Å²) in [5.41, 5.74) is 0. The Bertz CT molecular complexity index is 68.4. The molecule has 8 heavy (non-hydrogen) atoms. The van der Waals surface area contributed by atoms with E-state index in [0.29, 0.717) is 0 Å². The molecule has 0 aromatic carbocycles. The Morgan fingerprint density at radius 2 is 2.12 bits per heavy atom. The fourth-order valence-electron chi connectivity index (χ4n) is 0.305. The molecular weight excluding hydrogens is 235 g/mol. The molecule has 0 aliphatic carbocycles. The molecule has 0 atom stereocenters. The predicted octanol–water partition coefficient (Wildman–Crippen LogP) is -2.44. The first-order valence-electron chi connectivity index (χ1n) is 2.03. The van der Waals surface area contributed by atoms with Gasteiger partial charge >= 0.3 is 0 Å². The second-order valence-electron chi connectivity index (χ2n) is 0.983. The Morgan fingerprint density at radius 1 is 1.62 bits per heavy atom. The van der Waals surface area contributed by atoms with Gasteiger partial charge in [-0.1, -0.05) is 11.8 Å². The zero-order valence-corrected chi connectivity index (χ0v) is 8.21. The molecule has 0 spiro atoms. The van der Waals surface area contributed by atoms with Crippen LogP contribution >= 0.6 is 11.8 Å². The normalized spacial score (nSPS) is 10.1. The molecule has 0 aliphatic heterocycles. The van der Waals surface area contributed by atoms with Crippen LogP contribution in [-0.2, 0) is 0 Å². The van der Waals surface area contributed by atoms with Crippen LogP contribution in [-0.4, -0.2) is 25.5 Å². The second-order valence-corrected chi connectivity index (χ2v) is 1.78. The van der Waals surface area contributed by atoms with Crippen molar-refractivity contribution in [2.75, 3.05) is 20.4 Å². The molecule has 0 radical (unpaired) electrons. The van der Waals surface area contributed by atoms with Gasteiger partial charge in [0.05, 0.1) is 0 Å². The third-order valence-electron chi connectivity index (χ3n) is 0.610. The van der Waals surface area contributed by atoms with Crippen LogP contribution in [0.5, 0.6) is 0 Å². The summed E-state index contributed by atoms with van der Waals surface area (Å²) in [6, 6.07) is 0. The summed E-state index contributed by atoms with van der Waals surface area (Å²) < 4.78 is 0. The number of hydrogen-bond acceptors (Lipinski definition) is 2. The Balaban J connectivity index is 0. The van der Waals surface area contributed by atoms with Crippen molar-refractivity contribution < 1.29 is 24.0 Å². The van der Waals surface area contributed by atoms with Crippen LogP contribution in [0.4, 0.5) is 0 Å². The minimum atomic E-state index is 0. The van der Waals surface area contributed by atoms with E-state index in [1.54, 1.807) is 18.8 Å². The van der Waals surface area contributed by atoms with Crippen LogP contribution in [0.1, 0.15) is 0 Å². The van der Waals surface area contributed by atoms with E-state index in [4.69, 9.17) is 0 Å². The van der Waals surface area contributed by atoms with Gasteiger partial charge < -0.3 is 29.3 Å². The lowest BCUT2D eigenvalue weighted by Gasteiger charge is -1.95. The first-order valence-corrected chi connectivity index (χ1v) is 3.26. The summed E-state index contributed by atoms with van der Waals surface area (Å²) in [5.74, 6) is 0. The van der Waals surface area contributed by atoms with E-state index in [0.717, 1.165) is 5.17 Å². The molecule has 0 aliphatic rings. The predicted molar refractivity (Wildman–Crippen MR) is 35.9 cm³/mol. The van der Waals surface area contributed by atoms with Gasteiger partial charge in [0.1, 0.15) is 0 Å². The zero-order chi connectivity index (χ0) is 5.70. The van der Waals surface area contributed by atoms with E-state index in [-0.39, 0.29) is 24.0 Å². The number of thioether (sulfide) groups is 1. The molecule has 0 aromatic heterocycles. The molecule has 50 valence electrons. The fourth-order valence-corrected chi connectivity index (χ4v) is 0.692. The lowest BCUT2D eigenvalue weighted by Crippen LogP contribution is -3.00. The zero-order valence-electron chi connectivity index (χ0n) is 5.23. The van der Waals surface area contributed by atoms with Crippen molar-refractivity contribution in [1.29, 1.82) is 0 Å². The van der Waals surface area contributed by atoms with Gasteiger partial charge in [0.2, 0.25) is 0 Å². The lowest BCUT2D eigenvalue weighted by atomic mass is 11.1. The fraction of sp³-hybridized carbons (Fsp3) is 0.750. The van der Waals surface area contributed by atoms with E-state index in [9.17, 15) is 0 Å². The highest BCUT2D eigenvalue weighted by atomic mass is 127. The summed E-state index contributed by atoms with van der Waals surface area (Å²) in [7, 11) is 3.63. The summed E-state index contributed by atoms with van der Waals surface area (Å²) >= 11 is 1.61. The maximum Gasteiger partial charge on any atom is 0.155 e. The smallest absolute Gasteiger partial charge is 0.155 e. The maximum atomic E-state index is 3.89. The Morgan fingerprint density at radius 3 is 2.12 bits per heavy atom. The standard InChI is InChI=1S/C4H10N2S.HI/c1-5-4(6-2)7-3;/h1-3H3,(H,5,6);1H/p-1. The van der Waals surface area contributed by atoms with Crippen LogP contribution < -0.4 is 29.3 Å². The Hall–Kier alpha value is 0.550. The molecule has 0 fully saturated rings. The van der Waals surface area contributed by atoms with Crippen LogP contribution in [0.2, 0.25) is 0 Å². The number of hydrogen-bond donors (Lipinski definition) is 1. The average molecular weight is 245 g/mol. The molecule has 0 amide bonds. The number of rotatable bonds is 0. The second kappa shape index (κ2) is 7.55. The summed E-state index contributed by atoms with van der Waals surface area (Å²) in [4.78, 5) is 3.89. The van der Waals surface area contributed by atoms with Gasteiger partial charge in [-0.25, -0.2) is 0 Å². The minimum absolute atomic E-state index is 0. The van der Waals surface area contributed by atoms with Crippen LogP contribution in [0, 0.1) is 0 Å². The van der Waals surface area contributed by atoms with Crippen molar-refractivity contribution in [3.05, 3.63) is 0 Å². The topological polar surface area (TPSA) is 24.4 Å². The molecular formula is C4H10IN2S-. The van der Waals surface area contributed by atoms with Gasteiger partial charge in [-0.3, -0.25) is 4.99 Å². The number of amidine groups is 1. The van der Waals surface area contributed by atoms with E-state index in [1.165, 1.54) is 0 Å². The number of halogens is 1. The SMILES string of the molecule is CN=C(NC)SC.[I-]. The number of aliphatic imine (C=N–C) groups is 1. The third-order valence-corrected chi connectivity index (χ3v) is 1.38. The van der Waals surface area contributed by atoms with Crippen molar-refractivity contribution in [3.8, 4) is 0 Å². The molecule has 1 N–H and O–H groups in total. The minimum Gasteiger partial charge on any atom is -1.00 e. The van der Waals surface area contributed by atoms with Crippen molar-refractivity contribution in [1.82, 2.24) is 5.32 Å². The molecule has 0 saturated carbocycles. The molecule has 0 bridgehead atoms. The monoisotopic (exact) mass is 245 g/mol. The maximum absolute atomic E-state index is 3.89. The molecule has 0 rings (SSSR count). The van der Waals surface area contributed by atoms with E-state index >= 15 is 0 Å². The first-order chi connectivity index (χ1) is 3.35. The summed E-state index contributed by atoms with van der Waals surface area (Å²) in [6.07, 6.45) is 1.98. The van der Waals surface area contributed by atoms with E-state index in [1.807, 2.05) is 13.3 Å².